The van der Waals surface area contributed by atoms with Gasteiger partial charge in [0.25, 0.3) is 0 Å². The normalized spacial score (nSPS) is 10.6. The van der Waals surface area contributed by atoms with Gasteiger partial charge in [0.1, 0.15) is 0 Å². The van der Waals surface area contributed by atoms with Crippen LogP contribution in [0.3, 0.4) is 0 Å². The number of nitrogens with one attached hydrogen (secondary N) is 1. The molecular formula is C21H20ClN3O2. The van der Waals surface area contributed by atoms with Crippen LogP contribution in [0.4, 0.5) is 0 Å². The molecule has 0 saturated heterocycles. The molecule has 1 heterocycles. The van der Waals surface area contributed by atoms with Crippen molar-refractivity contribution in [1.82, 2.24) is 15.1 Å². The Morgan fingerprint density at radius 2 is 1.74 bits per heavy atom. The quantitative estimate of drug-likeness (QED) is 0.603. The fourth-order valence-electron chi connectivity index (χ4n) is 2.65. The van der Waals surface area contributed by atoms with E-state index in [0.29, 0.717) is 23.6 Å². The predicted molar refractivity (Wildman–Crippen MR) is 105 cm³/mol. The minimum absolute atomic E-state index is 0.0639. The van der Waals surface area contributed by atoms with Crippen LogP contribution < -0.4 is 5.32 Å². The largest absolute Gasteiger partial charge is 0.356 e. The number of carbonyl (C=O) groups is 2. The minimum Gasteiger partial charge on any atom is -0.356 e. The van der Waals surface area contributed by atoms with Crippen LogP contribution >= 0.6 is 11.6 Å². The molecule has 1 N–H and O–H groups in total. The Hall–Kier alpha value is -2.92. The molecule has 0 saturated carbocycles. The van der Waals surface area contributed by atoms with Gasteiger partial charge in [0.2, 0.25) is 5.91 Å². The minimum atomic E-state index is -0.132. The van der Waals surface area contributed by atoms with E-state index in [2.05, 4.69) is 10.4 Å². The third-order valence-corrected chi connectivity index (χ3v) is 4.39. The van der Waals surface area contributed by atoms with Crippen molar-refractivity contribution >= 4 is 23.3 Å². The third kappa shape index (κ3) is 5.53. The molecule has 2 aromatic carbocycles. The number of halogens is 1. The molecule has 0 bridgehead atoms. The Morgan fingerprint density at radius 1 is 1.00 bits per heavy atom. The van der Waals surface area contributed by atoms with Crippen LogP contribution in [0.1, 0.15) is 28.8 Å². The summed E-state index contributed by atoms with van der Waals surface area (Å²) in [6.45, 7) is 0.508. The summed E-state index contributed by atoms with van der Waals surface area (Å²) in [6.07, 6.45) is 4.78. The van der Waals surface area contributed by atoms with E-state index in [1.165, 1.54) is 0 Å². The van der Waals surface area contributed by atoms with Gasteiger partial charge in [-0.3, -0.25) is 9.59 Å². The van der Waals surface area contributed by atoms with Gasteiger partial charge in [0.15, 0.2) is 5.78 Å². The van der Waals surface area contributed by atoms with Gasteiger partial charge in [0.05, 0.1) is 11.9 Å². The highest BCUT2D eigenvalue weighted by Gasteiger charge is 2.09. The predicted octanol–water partition coefficient (Wildman–Crippen LogP) is 3.85. The van der Waals surface area contributed by atoms with E-state index in [1.807, 2.05) is 41.2 Å². The molecule has 5 nitrogen and oxygen atoms in total. The number of aromatic nitrogens is 2. The highest BCUT2D eigenvalue weighted by molar-refractivity contribution is 6.30. The second-order valence-corrected chi connectivity index (χ2v) is 6.60. The number of benzene rings is 2. The van der Waals surface area contributed by atoms with E-state index >= 15 is 0 Å². The number of Topliss-reactive ketones (excluding diaryl/α,β-unsaturated/α-hetero) is 1. The maximum Gasteiger partial charge on any atom is 0.220 e. The molecule has 0 aliphatic rings. The molecule has 0 aliphatic carbocycles. The summed E-state index contributed by atoms with van der Waals surface area (Å²) in [7, 11) is 0. The monoisotopic (exact) mass is 381 g/mol. The Kier molecular flexibility index (Phi) is 6.39. The highest BCUT2D eigenvalue weighted by atomic mass is 35.5. The van der Waals surface area contributed by atoms with Gasteiger partial charge < -0.3 is 5.32 Å². The molecule has 0 fully saturated rings. The lowest BCUT2D eigenvalue weighted by Gasteiger charge is -2.04. The Balaban J connectivity index is 1.40. The lowest BCUT2D eigenvalue weighted by atomic mass is 10.1. The fraction of sp³-hybridized carbons (Fsp3) is 0.190. The first-order valence-corrected chi connectivity index (χ1v) is 9.14. The van der Waals surface area contributed by atoms with E-state index in [1.54, 1.807) is 30.5 Å². The standard InChI is InChI=1S/C21H20ClN3O2/c22-18-8-6-17(7-9-18)20(26)10-11-21(27)23-13-12-16-14-24-25(15-16)19-4-2-1-3-5-19/h1-9,14-15H,10-13H2,(H,23,27). The maximum atomic E-state index is 12.1. The summed E-state index contributed by atoms with van der Waals surface area (Å²) in [5, 5.41) is 7.76. The summed E-state index contributed by atoms with van der Waals surface area (Å²) in [6, 6.07) is 16.5. The smallest absolute Gasteiger partial charge is 0.220 e. The summed E-state index contributed by atoms with van der Waals surface area (Å²) in [5.41, 5.74) is 2.60. The first kappa shape index (κ1) is 18.9. The molecule has 3 rings (SSSR count). The maximum absolute atomic E-state index is 12.1. The molecule has 1 aromatic heterocycles. The topological polar surface area (TPSA) is 64.0 Å². The second kappa shape index (κ2) is 9.14. The van der Waals surface area contributed by atoms with Gasteiger partial charge in [-0.2, -0.15) is 5.10 Å². The third-order valence-electron chi connectivity index (χ3n) is 4.14. The van der Waals surface area contributed by atoms with Crippen molar-refractivity contribution in [3.8, 4) is 5.69 Å². The number of carbonyl (C=O) groups excluding carboxylic acids is 2. The zero-order chi connectivity index (χ0) is 19.1. The van der Waals surface area contributed by atoms with Gasteiger partial charge >= 0.3 is 0 Å². The number of amides is 1. The van der Waals surface area contributed by atoms with Crippen LogP contribution in [0.15, 0.2) is 67.0 Å². The second-order valence-electron chi connectivity index (χ2n) is 6.16. The van der Waals surface area contributed by atoms with E-state index in [0.717, 1.165) is 11.3 Å². The van der Waals surface area contributed by atoms with Crippen LogP contribution in [0.2, 0.25) is 5.02 Å². The first-order chi connectivity index (χ1) is 13.1. The Bertz CT molecular complexity index is 905. The molecule has 0 atom stereocenters. The van der Waals surface area contributed by atoms with Gasteiger partial charge in [-0.1, -0.05) is 29.8 Å². The molecule has 0 spiro atoms. The van der Waals surface area contributed by atoms with Crippen molar-refractivity contribution < 1.29 is 9.59 Å². The van der Waals surface area contributed by atoms with Gasteiger partial charge in [-0.05, 0) is 48.4 Å². The number of nitrogens with zero attached hydrogens (tertiary/aromatic N) is 2. The molecule has 0 radical (unpaired) electrons. The van der Waals surface area contributed by atoms with Crippen LogP contribution in [0, 0.1) is 0 Å². The van der Waals surface area contributed by atoms with Crippen molar-refractivity contribution in [3.05, 3.63) is 83.1 Å². The average molecular weight is 382 g/mol. The van der Waals surface area contributed by atoms with E-state index in [-0.39, 0.29) is 24.5 Å². The molecule has 6 heteroatoms. The SMILES string of the molecule is O=C(CCC(=O)c1ccc(Cl)cc1)NCCc1cnn(-c2ccccc2)c1. The van der Waals surface area contributed by atoms with E-state index in [9.17, 15) is 9.59 Å². The molecule has 0 unspecified atom stereocenters. The number of hydrogen-bond donors (Lipinski definition) is 1. The summed E-state index contributed by atoms with van der Waals surface area (Å²) in [4.78, 5) is 24.0. The fourth-order valence-corrected chi connectivity index (χ4v) is 2.78. The molecule has 27 heavy (non-hydrogen) atoms. The number of ketones is 1. The Morgan fingerprint density at radius 3 is 2.48 bits per heavy atom. The zero-order valence-electron chi connectivity index (χ0n) is 14.8. The molecule has 138 valence electrons. The Labute approximate surface area is 163 Å². The van der Waals surface area contributed by atoms with Crippen LogP contribution in [0.5, 0.6) is 0 Å². The number of rotatable bonds is 8. The molecular weight excluding hydrogens is 362 g/mol. The summed E-state index contributed by atoms with van der Waals surface area (Å²) in [5.74, 6) is -0.196. The summed E-state index contributed by atoms with van der Waals surface area (Å²) >= 11 is 5.81. The number of para-hydroxylation sites is 1. The number of hydrogen-bond acceptors (Lipinski definition) is 3. The van der Waals surface area contributed by atoms with Crippen LogP contribution in [0.25, 0.3) is 5.69 Å². The lowest BCUT2D eigenvalue weighted by Crippen LogP contribution is -2.26. The van der Waals surface area contributed by atoms with E-state index in [4.69, 9.17) is 11.6 Å². The van der Waals surface area contributed by atoms with Crippen molar-refractivity contribution in [2.75, 3.05) is 6.54 Å². The first-order valence-electron chi connectivity index (χ1n) is 8.76. The zero-order valence-corrected chi connectivity index (χ0v) is 15.5. The van der Waals surface area contributed by atoms with Gasteiger partial charge in [0, 0.05) is 36.2 Å². The molecule has 0 aliphatic heterocycles. The van der Waals surface area contributed by atoms with E-state index < -0.39 is 0 Å². The molecule has 1 amide bonds. The van der Waals surface area contributed by atoms with Crippen molar-refractivity contribution in [2.24, 2.45) is 0 Å². The average Bonchev–Trinajstić information content (AvgIpc) is 3.16. The summed E-state index contributed by atoms with van der Waals surface area (Å²) < 4.78 is 1.81. The lowest BCUT2D eigenvalue weighted by molar-refractivity contribution is -0.121. The van der Waals surface area contributed by atoms with Crippen molar-refractivity contribution in [1.29, 1.82) is 0 Å². The highest BCUT2D eigenvalue weighted by Crippen LogP contribution is 2.12. The van der Waals surface area contributed by atoms with Gasteiger partial charge in [-0.25, -0.2) is 4.68 Å². The van der Waals surface area contributed by atoms with Crippen LogP contribution in [-0.2, 0) is 11.2 Å². The van der Waals surface area contributed by atoms with Crippen LogP contribution in [-0.4, -0.2) is 28.0 Å². The van der Waals surface area contributed by atoms with Crippen molar-refractivity contribution in [2.45, 2.75) is 19.3 Å². The van der Waals surface area contributed by atoms with Crippen molar-refractivity contribution in [3.63, 3.8) is 0 Å². The van der Waals surface area contributed by atoms with Gasteiger partial charge in [-0.15, -0.1) is 0 Å². The molecule has 3 aromatic rings.